The summed E-state index contributed by atoms with van der Waals surface area (Å²) in [7, 11) is 0. The van der Waals surface area contributed by atoms with Gasteiger partial charge in [0, 0.05) is 19.6 Å². The lowest BCUT2D eigenvalue weighted by molar-refractivity contribution is 0.0572. The molecule has 0 bridgehead atoms. The van der Waals surface area contributed by atoms with Crippen LogP contribution in [0.15, 0.2) is 4.52 Å². The molecule has 16 heavy (non-hydrogen) atoms. The molecule has 1 aromatic rings. The maximum Gasteiger partial charge on any atom is 0.226 e. The zero-order chi connectivity index (χ0) is 11.4. The van der Waals surface area contributed by atoms with Crippen molar-refractivity contribution in [2.24, 2.45) is 11.7 Å². The molecule has 2 N–H and O–H groups in total. The van der Waals surface area contributed by atoms with Crippen molar-refractivity contribution in [2.45, 2.75) is 38.6 Å². The molecule has 0 saturated carbocycles. The van der Waals surface area contributed by atoms with Gasteiger partial charge in [-0.25, -0.2) is 0 Å². The minimum atomic E-state index is -0.113. The van der Waals surface area contributed by atoms with Gasteiger partial charge in [-0.05, 0) is 25.2 Å². The highest BCUT2D eigenvalue weighted by molar-refractivity contribution is 4.96. The predicted octanol–water partition coefficient (Wildman–Crippen LogP) is 1.45. The van der Waals surface area contributed by atoms with Gasteiger partial charge in [-0.3, -0.25) is 0 Å². The number of ether oxygens (including phenoxy) is 1. The highest BCUT2D eigenvalue weighted by atomic mass is 16.5. The fraction of sp³-hybridized carbons (Fsp3) is 0.818. The minimum Gasteiger partial charge on any atom is -0.381 e. The van der Waals surface area contributed by atoms with Crippen molar-refractivity contribution in [3.63, 3.8) is 0 Å². The molecule has 1 aromatic heterocycles. The molecule has 1 fully saturated rings. The van der Waals surface area contributed by atoms with Gasteiger partial charge in [0.25, 0.3) is 0 Å². The van der Waals surface area contributed by atoms with E-state index in [2.05, 4.69) is 17.1 Å². The van der Waals surface area contributed by atoms with Crippen LogP contribution in [-0.4, -0.2) is 23.4 Å². The summed E-state index contributed by atoms with van der Waals surface area (Å²) in [5, 5.41) is 3.96. The molecule has 5 heteroatoms. The zero-order valence-corrected chi connectivity index (χ0v) is 9.69. The summed E-state index contributed by atoms with van der Waals surface area (Å²) in [4.78, 5) is 4.33. The SMILES string of the molecule is CCCc1nc(C(N)C2CCOCC2)no1. The third-order valence-corrected chi connectivity index (χ3v) is 3.02. The van der Waals surface area contributed by atoms with Gasteiger partial charge in [-0.2, -0.15) is 4.98 Å². The minimum absolute atomic E-state index is 0.113. The first kappa shape index (κ1) is 11.5. The number of aryl methyl sites for hydroxylation is 1. The number of aromatic nitrogens is 2. The van der Waals surface area contributed by atoms with E-state index in [-0.39, 0.29) is 6.04 Å². The Morgan fingerprint density at radius 2 is 2.19 bits per heavy atom. The van der Waals surface area contributed by atoms with Gasteiger partial charge in [0.2, 0.25) is 5.89 Å². The summed E-state index contributed by atoms with van der Waals surface area (Å²) in [6, 6.07) is -0.113. The molecule has 0 aliphatic carbocycles. The number of nitrogens with two attached hydrogens (primary N) is 1. The molecule has 2 rings (SSSR count). The van der Waals surface area contributed by atoms with Crippen molar-refractivity contribution in [1.29, 1.82) is 0 Å². The Hall–Kier alpha value is -0.940. The number of rotatable bonds is 4. The highest BCUT2D eigenvalue weighted by Gasteiger charge is 2.25. The number of nitrogens with zero attached hydrogens (tertiary/aromatic N) is 2. The normalized spacial score (nSPS) is 19.9. The van der Waals surface area contributed by atoms with Crippen LogP contribution in [0.4, 0.5) is 0 Å². The van der Waals surface area contributed by atoms with E-state index < -0.39 is 0 Å². The van der Waals surface area contributed by atoms with Gasteiger partial charge in [-0.1, -0.05) is 12.1 Å². The Morgan fingerprint density at radius 1 is 1.44 bits per heavy atom. The lowest BCUT2D eigenvalue weighted by Crippen LogP contribution is -2.28. The molecule has 0 aromatic carbocycles. The van der Waals surface area contributed by atoms with E-state index in [0.29, 0.717) is 17.6 Å². The monoisotopic (exact) mass is 225 g/mol. The van der Waals surface area contributed by atoms with E-state index in [1.54, 1.807) is 0 Å². The summed E-state index contributed by atoms with van der Waals surface area (Å²) in [6.45, 7) is 3.67. The van der Waals surface area contributed by atoms with Gasteiger partial charge < -0.3 is 15.0 Å². The summed E-state index contributed by atoms with van der Waals surface area (Å²) < 4.78 is 10.5. The van der Waals surface area contributed by atoms with Crippen molar-refractivity contribution < 1.29 is 9.26 Å². The van der Waals surface area contributed by atoms with Crippen LogP contribution in [0.2, 0.25) is 0 Å². The highest BCUT2D eigenvalue weighted by Crippen LogP contribution is 2.26. The first-order valence-corrected chi connectivity index (χ1v) is 5.97. The van der Waals surface area contributed by atoms with Crippen LogP contribution in [0.25, 0.3) is 0 Å². The van der Waals surface area contributed by atoms with Crippen LogP contribution in [-0.2, 0) is 11.2 Å². The largest absolute Gasteiger partial charge is 0.381 e. The quantitative estimate of drug-likeness (QED) is 0.839. The predicted molar refractivity (Wildman–Crippen MR) is 58.8 cm³/mol. The van der Waals surface area contributed by atoms with E-state index in [9.17, 15) is 0 Å². The Kier molecular flexibility index (Phi) is 3.90. The molecule has 1 unspecified atom stereocenters. The third kappa shape index (κ3) is 2.59. The summed E-state index contributed by atoms with van der Waals surface area (Å²) in [5.41, 5.74) is 6.14. The van der Waals surface area contributed by atoms with Crippen molar-refractivity contribution in [2.75, 3.05) is 13.2 Å². The maximum absolute atomic E-state index is 6.14. The van der Waals surface area contributed by atoms with Gasteiger partial charge in [0.15, 0.2) is 5.82 Å². The Morgan fingerprint density at radius 3 is 2.88 bits per heavy atom. The van der Waals surface area contributed by atoms with E-state index >= 15 is 0 Å². The van der Waals surface area contributed by atoms with Gasteiger partial charge >= 0.3 is 0 Å². The van der Waals surface area contributed by atoms with E-state index in [1.807, 2.05) is 0 Å². The Bertz CT molecular complexity index is 321. The second kappa shape index (κ2) is 5.41. The molecule has 5 nitrogen and oxygen atoms in total. The molecule has 1 atom stereocenters. The first-order chi connectivity index (χ1) is 7.81. The number of hydrogen-bond donors (Lipinski definition) is 1. The molecular formula is C11H19N3O2. The third-order valence-electron chi connectivity index (χ3n) is 3.02. The standard InChI is InChI=1S/C11H19N3O2/c1-2-3-9-13-11(14-16-9)10(12)8-4-6-15-7-5-8/h8,10H,2-7,12H2,1H3. The Balaban J connectivity index is 1.98. The van der Waals surface area contributed by atoms with Crippen LogP contribution in [0.1, 0.15) is 43.9 Å². The van der Waals surface area contributed by atoms with Gasteiger partial charge in [0.1, 0.15) is 0 Å². The van der Waals surface area contributed by atoms with Gasteiger partial charge in [-0.15, -0.1) is 0 Å². The van der Waals surface area contributed by atoms with Crippen molar-refractivity contribution >= 4 is 0 Å². The molecule has 0 spiro atoms. The van der Waals surface area contributed by atoms with Crippen LogP contribution >= 0.6 is 0 Å². The van der Waals surface area contributed by atoms with Crippen molar-refractivity contribution in [3.8, 4) is 0 Å². The van der Waals surface area contributed by atoms with Crippen LogP contribution in [0, 0.1) is 5.92 Å². The Labute approximate surface area is 95.3 Å². The van der Waals surface area contributed by atoms with E-state index in [0.717, 1.165) is 38.9 Å². The topological polar surface area (TPSA) is 74.2 Å². The summed E-state index contributed by atoms with van der Waals surface area (Å²) >= 11 is 0. The lowest BCUT2D eigenvalue weighted by Gasteiger charge is -2.25. The second-order valence-corrected chi connectivity index (χ2v) is 4.27. The molecule has 1 saturated heterocycles. The molecular weight excluding hydrogens is 206 g/mol. The fourth-order valence-corrected chi connectivity index (χ4v) is 2.00. The molecule has 1 aliphatic rings. The summed E-state index contributed by atoms with van der Waals surface area (Å²) in [6.07, 6.45) is 3.80. The average Bonchev–Trinajstić information content (AvgIpc) is 2.78. The van der Waals surface area contributed by atoms with Crippen LogP contribution in [0.3, 0.4) is 0 Å². The first-order valence-electron chi connectivity index (χ1n) is 5.97. The van der Waals surface area contributed by atoms with E-state index in [4.69, 9.17) is 15.0 Å². The smallest absolute Gasteiger partial charge is 0.226 e. The van der Waals surface area contributed by atoms with Crippen LogP contribution in [0.5, 0.6) is 0 Å². The van der Waals surface area contributed by atoms with E-state index in [1.165, 1.54) is 0 Å². The zero-order valence-electron chi connectivity index (χ0n) is 9.69. The molecule has 2 heterocycles. The van der Waals surface area contributed by atoms with Crippen LogP contribution < -0.4 is 5.73 Å². The molecule has 0 radical (unpaired) electrons. The van der Waals surface area contributed by atoms with Gasteiger partial charge in [0.05, 0.1) is 6.04 Å². The lowest BCUT2D eigenvalue weighted by atomic mass is 9.92. The molecule has 0 amide bonds. The average molecular weight is 225 g/mol. The maximum atomic E-state index is 6.14. The van der Waals surface area contributed by atoms with Crippen molar-refractivity contribution in [3.05, 3.63) is 11.7 Å². The molecule has 1 aliphatic heterocycles. The molecule has 90 valence electrons. The second-order valence-electron chi connectivity index (χ2n) is 4.27. The fourth-order valence-electron chi connectivity index (χ4n) is 2.00. The number of hydrogen-bond acceptors (Lipinski definition) is 5. The van der Waals surface area contributed by atoms with Crippen molar-refractivity contribution in [1.82, 2.24) is 10.1 Å². The summed E-state index contributed by atoms with van der Waals surface area (Å²) in [5.74, 6) is 1.76.